The summed E-state index contributed by atoms with van der Waals surface area (Å²) in [7, 11) is 0. The van der Waals surface area contributed by atoms with Crippen molar-refractivity contribution >= 4 is 17.9 Å². The molecule has 6 heteroatoms. The Morgan fingerprint density at radius 1 is 1.37 bits per heavy atom. The smallest absolute Gasteiger partial charge is 0.253 e. The van der Waals surface area contributed by atoms with E-state index in [2.05, 4.69) is 9.97 Å². The second-order valence-electron chi connectivity index (χ2n) is 4.22. The van der Waals surface area contributed by atoms with Crippen molar-refractivity contribution in [2.24, 2.45) is 0 Å². The molecule has 0 aliphatic carbocycles. The third-order valence-electron chi connectivity index (χ3n) is 2.93. The summed E-state index contributed by atoms with van der Waals surface area (Å²) in [5.74, 6) is 0.614. The van der Waals surface area contributed by atoms with Crippen LogP contribution in [0.2, 0.25) is 0 Å². The highest BCUT2D eigenvalue weighted by Gasteiger charge is 2.23. The molecule has 96 valence electrons. The molecule has 6 nitrogen and oxygen atoms in total. The predicted molar refractivity (Wildman–Crippen MR) is 69.5 cm³/mol. The molecule has 2 aromatic heterocycles. The fourth-order valence-electron chi connectivity index (χ4n) is 2.03. The quantitative estimate of drug-likeness (QED) is 0.815. The molecule has 0 unspecified atom stereocenters. The van der Waals surface area contributed by atoms with Crippen LogP contribution < -0.4 is 4.90 Å². The van der Waals surface area contributed by atoms with Crippen LogP contribution >= 0.6 is 0 Å². The van der Waals surface area contributed by atoms with E-state index in [1.165, 1.54) is 12.3 Å². The van der Waals surface area contributed by atoms with Crippen molar-refractivity contribution < 1.29 is 9.90 Å². The number of hydrogen-bond donors (Lipinski definition) is 1. The molecule has 0 radical (unpaired) electrons. The highest BCUT2D eigenvalue weighted by atomic mass is 16.3. The minimum absolute atomic E-state index is 0.0753. The molecule has 0 aromatic carbocycles. The van der Waals surface area contributed by atoms with Crippen LogP contribution in [0.15, 0.2) is 36.9 Å². The first-order chi connectivity index (χ1) is 9.24. The van der Waals surface area contributed by atoms with E-state index < -0.39 is 0 Å². The zero-order valence-corrected chi connectivity index (χ0v) is 10.1. The molecule has 0 spiro atoms. The molecule has 3 rings (SSSR count). The van der Waals surface area contributed by atoms with E-state index in [9.17, 15) is 9.90 Å². The van der Waals surface area contributed by atoms with Crippen molar-refractivity contribution in [2.45, 2.75) is 6.54 Å². The molecule has 19 heavy (non-hydrogen) atoms. The van der Waals surface area contributed by atoms with E-state index >= 15 is 0 Å². The van der Waals surface area contributed by atoms with Crippen molar-refractivity contribution in [3.05, 3.63) is 42.5 Å². The van der Waals surface area contributed by atoms with Gasteiger partial charge in [0.2, 0.25) is 5.95 Å². The summed E-state index contributed by atoms with van der Waals surface area (Å²) < 4.78 is 1.93. The van der Waals surface area contributed by atoms with E-state index in [-0.39, 0.29) is 11.7 Å². The normalized spacial score (nSPS) is 14.0. The third kappa shape index (κ3) is 2.20. The van der Waals surface area contributed by atoms with Crippen LogP contribution in [-0.2, 0) is 11.3 Å². The van der Waals surface area contributed by atoms with Gasteiger partial charge in [-0.2, -0.15) is 0 Å². The molecule has 1 amide bonds. The van der Waals surface area contributed by atoms with Crippen molar-refractivity contribution in [1.82, 2.24) is 14.5 Å². The molecule has 0 bridgehead atoms. The predicted octanol–water partition coefficient (Wildman–Crippen LogP) is 1.04. The first-order valence-corrected chi connectivity index (χ1v) is 5.89. The van der Waals surface area contributed by atoms with Gasteiger partial charge in [0.05, 0.1) is 6.20 Å². The van der Waals surface area contributed by atoms with E-state index in [0.717, 1.165) is 6.54 Å². The van der Waals surface area contributed by atoms with Crippen molar-refractivity contribution in [3.8, 4) is 5.75 Å². The Labute approximate surface area is 109 Å². The van der Waals surface area contributed by atoms with Gasteiger partial charge >= 0.3 is 0 Å². The van der Waals surface area contributed by atoms with E-state index in [0.29, 0.717) is 18.1 Å². The summed E-state index contributed by atoms with van der Waals surface area (Å²) in [6.07, 6.45) is 9.54. The first-order valence-electron chi connectivity index (χ1n) is 5.89. The Hall–Kier alpha value is -2.63. The second kappa shape index (κ2) is 4.56. The standard InChI is InChI=1S/C13H12N4O2/c18-11-7-10(8-14-9-11)1-2-12(19)17-6-5-16-4-3-15-13(16)17/h1-4,7-9,18H,5-6H2/b2-1+. The maximum Gasteiger partial charge on any atom is 0.253 e. The largest absolute Gasteiger partial charge is 0.506 e. The summed E-state index contributed by atoms with van der Waals surface area (Å²) in [5, 5.41) is 9.29. The van der Waals surface area contributed by atoms with Gasteiger partial charge < -0.3 is 9.67 Å². The lowest BCUT2D eigenvalue weighted by Crippen LogP contribution is -2.27. The van der Waals surface area contributed by atoms with Gasteiger partial charge in [-0.1, -0.05) is 0 Å². The number of amides is 1. The monoisotopic (exact) mass is 256 g/mol. The molecule has 3 heterocycles. The van der Waals surface area contributed by atoms with Gasteiger partial charge in [0, 0.05) is 37.8 Å². The first kappa shape index (κ1) is 11.5. The van der Waals surface area contributed by atoms with Crippen molar-refractivity contribution in [2.75, 3.05) is 11.4 Å². The van der Waals surface area contributed by atoms with Gasteiger partial charge in [0.25, 0.3) is 5.91 Å². The topological polar surface area (TPSA) is 71.2 Å². The van der Waals surface area contributed by atoms with Gasteiger partial charge in [-0.05, 0) is 17.7 Å². The Morgan fingerprint density at radius 3 is 3.11 bits per heavy atom. The summed E-state index contributed by atoms with van der Waals surface area (Å²) in [5.41, 5.74) is 0.677. The summed E-state index contributed by atoms with van der Waals surface area (Å²) in [6.45, 7) is 1.40. The average Bonchev–Trinajstić information content (AvgIpc) is 2.98. The van der Waals surface area contributed by atoms with Gasteiger partial charge in [-0.25, -0.2) is 4.98 Å². The minimum Gasteiger partial charge on any atom is -0.506 e. The fourth-order valence-corrected chi connectivity index (χ4v) is 2.03. The number of carbonyl (C=O) groups is 1. The fraction of sp³-hybridized carbons (Fsp3) is 0.154. The molecular weight excluding hydrogens is 244 g/mol. The lowest BCUT2D eigenvalue weighted by molar-refractivity contribution is -0.114. The molecule has 2 aromatic rings. The Bertz CT molecular complexity index is 648. The molecule has 0 saturated heterocycles. The highest BCUT2D eigenvalue weighted by Crippen LogP contribution is 2.19. The molecule has 0 atom stereocenters. The number of hydrogen-bond acceptors (Lipinski definition) is 4. The maximum absolute atomic E-state index is 12.1. The van der Waals surface area contributed by atoms with Crippen molar-refractivity contribution in [1.29, 1.82) is 0 Å². The van der Waals surface area contributed by atoms with E-state index in [1.54, 1.807) is 29.4 Å². The summed E-state index contributed by atoms with van der Waals surface area (Å²) in [4.78, 5) is 21.7. The third-order valence-corrected chi connectivity index (χ3v) is 2.93. The number of pyridine rings is 1. The van der Waals surface area contributed by atoms with Gasteiger partial charge in [-0.3, -0.25) is 14.7 Å². The SMILES string of the molecule is O=C(/C=C/c1cncc(O)c1)N1CCn2ccnc21. The summed E-state index contributed by atoms with van der Waals surface area (Å²) >= 11 is 0. The number of nitrogens with zero attached hydrogens (tertiary/aromatic N) is 4. The van der Waals surface area contributed by atoms with Crippen LogP contribution in [0.25, 0.3) is 6.08 Å². The van der Waals surface area contributed by atoms with Gasteiger partial charge in [-0.15, -0.1) is 0 Å². The molecule has 1 N–H and O–H groups in total. The maximum atomic E-state index is 12.1. The number of imidazole rings is 1. The Kier molecular flexibility index (Phi) is 2.75. The number of rotatable bonds is 2. The minimum atomic E-state index is -0.131. The zero-order chi connectivity index (χ0) is 13.2. The Morgan fingerprint density at radius 2 is 2.26 bits per heavy atom. The van der Waals surface area contributed by atoms with Crippen LogP contribution in [0, 0.1) is 0 Å². The van der Waals surface area contributed by atoms with Crippen LogP contribution in [0.4, 0.5) is 5.95 Å². The lowest BCUT2D eigenvalue weighted by Gasteiger charge is -2.10. The van der Waals surface area contributed by atoms with E-state index in [1.807, 2.05) is 10.8 Å². The number of aromatic nitrogens is 3. The lowest BCUT2D eigenvalue weighted by atomic mass is 10.2. The molecule has 1 aliphatic heterocycles. The van der Waals surface area contributed by atoms with Crippen LogP contribution in [-0.4, -0.2) is 32.1 Å². The number of carbonyl (C=O) groups excluding carboxylic acids is 1. The van der Waals surface area contributed by atoms with Crippen LogP contribution in [0.1, 0.15) is 5.56 Å². The van der Waals surface area contributed by atoms with Crippen molar-refractivity contribution in [3.63, 3.8) is 0 Å². The Balaban J connectivity index is 1.76. The second-order valence-corrected chi connectivity index (χ2v) is 4.22. The van der Waals surface area contributed by atoms with Gasteiger partial charge in [0.1, 0.15) is 5.75 Å². The molecule has 0 saturated carbocycles. The summed E-state index contributed by atoms with van der Waals surface area (Å²) in [6, 6.07) is 1.54. The van der Waals surface area contributed by atoms with Crippen LogP contribution in [0.5, 0.6) is 5.75 Å². The van der Waals surface area contributed by atoms with Crippen LogP contribution in [0.3, 0.4) is 0 Å². The molecule has 1 aliphatic rings. The highest BCUT2D eigenvalue weighted by molar-refractivity contribution is 6.03. The van der Waals surface area contributed by atoms with E-state index in [4.69, 9.17) is 0 Å². The average molecular weight is 256 g/mol. The molecule has 0 fully saturated rings. The number of fused-ring (bicyclic) bond motifs is 1. The number of anilines is 1. The number of aromatic hydroxyl groups is 1. The zero-order valence-electron chi connectivity index (χ0n) is 10.1. The molecular formula is C13H12N4O2. The van der Waals surface area contributed by atoms with Gasteiger partial charge in [0.15, 0.2) is 0 Å².